The first kappa shape index (κ1) is 10.6. The number of carbonyl (C=O) groups is 1. The summed E-state index contributed by atoms with van der Waals surface area (Å²) >= 11 is 3.28. The third-order valence-corrected chi connectivity index (χ3v) is 2.18. The first-order valence-corrected chi connectivity index (χ1v) is 5.04. The van der Waals surface area contributed by atoms with Crippen molar-refractivity contribution in [3.63, 3.8) is 0 Å². The smallest absolute Gasteiger partial charge is 0.358 e. The average molecular weight is 284 g/mol. The number of carboxylic acid groups (broad SMARTS) is 1. The lowest BCUT2D eigenvalue weighted by atomic mass is 10.3. The molecule has 0 amide bonds. The Morgan fingerprint density at radius 3 is 2.94 bits per heavy atom. The molecule has 0 saturated carbocycles. The third-order valence-electron chi connectivity index (χ3n) is 1.69. The first-order valence-electron chi connectivity index (χ1n) is 4.25. The number of aromatic nitrogens is 3. The van der Waals surface area contributed by atoms with Gasteiger partial charge in [0.15, 0.2) is 11.4 Å². The second-order valence-electron chi connectivity index (χ2n) is 2.86. The summed E-state index contributed by atoms with van der Waals surface area (Å²) in [6, 6.07) is 7.07. The van der Waals surface area contributed by atoms with Crippen molar-refractivity contribution in [3.8, 4) is 5.75 Å². The molecule has 82 valence electrons. The topological polar surface area (TPSA) is 77.2 Å². The van der Waals surface area contributed by atoms with E-state index >= 15 is 0 Å². The van der Waals surface area contributed by atoms with Gasteiger partial charge in [-0.05, 0) is 23.4 Å². The summed E-state index contributed by atoms with van der Waals surface area (Å²) in [5.74, 6) is -0.625. The van der Waals surface area contributed by atoms with Crippen molar-refractivity contribution in [2.45, 2.75) is 0 Å². The molecule has 7 heteroatoms. The van der Waals surface area contributed by atoms with Crippen LogP contribution in [0.2, 0.25) is 0 Å². The zero-order valence-electron chi connectivity index (χ0n) is 7.87. The van der Waals surface area contributed by atoms with Crippen LogP contribution in [0.4, 0.5) is 0 Å². The number of hydrogen-bond acceptors (Lipinski definition) is 4. The Balaban J connectivity index is 2.17. The summed E-state index contributed by atoms with van der Waals surface area (Å²) in [5.41, 5.74) is -0.171. The van der Waals surface area contributed by atoms with E-state index < -0.39 is 5.97 Å². The van der Waals surface area contributed by atoms with E-state index in [9.17, 15) is 4.79 Å². The van der Waals surface area contributed by atoms with Gasteiger partial charge in [-0.15, -0.1) is 5.10 Å². The molecule has 0 aliphatic rings. The zero-order chi connectivity index (χ0) is 11.5. The van der Waals surface area contributed by atoms with Gasteiger partial charge in [0.05, 0.1) is 0 Å². The summed E-state index contributed by atoms with van der Waals surface area (Å²) in [5, 5.41) is 15.6. The number of carboxylic acids is 1. The second kappa shape index (κ2) is 4.31. The second-order valence-corrected chi connectivity index (χ2v) is 3.78. The summed E-state index contributed by atoms with van der Waals surface area (Å²) in [6.45, 7) is 0. The van der Waals surface area contributed by atoms with Crippen LogP contribution in [0.5, 0.6) is 5.75 Å². The molecule has 1 aromatic heterocycles. The monoisotopic (exact) mass is 283 g/mol. The van der Waals surface area contributed by atoms with Gasteiger partial charge < -0.3 is 9.94 Å². The molecule has 0 atom stereocenters. The van der Waals surface area contributed by atoms with E-state index in [2.05, 4.69) is 26.2 Å². The summed E-state index contributed by atoms with van der Waals surface area (Å²) in [4.78, 5) is 16.8. The number of nitrogens with zero attached hydrogens (tertiary/aromatic N) is 3. The van der Waals surface area contributed by atoms with Gasteiger partial charge >= 0.3 is 5.97 Å². The normalized spacial score (nSPS) is 10.1. The molecule has 0 aliphatic carbocycles. The molecule has 1 aromatic carbocycles. The SMILES string of the molecule is O=C(O)c1cn(Oc2cccc(Br)c2)nn1. The van der Waals surface area contributed by atoms with Crippen molar-refractivity contribution in [2.75, 3.05) is 0 Å². The van der Waals surface area contributed by atoms with Crippen molar-refractivity contribution >= 4 is 21.9 Å². The van der Waals surface area contributed by atoms with Crippen LogP contribution in [0.1, 0.15) is 10.5 Å². The Morgan fingerprint density at radius 1 is 1.50 bits per heavy atom. The molecular weight excluding hydrogens is 278 g/mol. The maximum Gasteiger partial charge on any atom is 0.358 e. The lowest BCUT2D eigenvalue weighted by Crippen LogP contribution is -2.05. The maximum atomic E-state index is 10.5. The fraction of sp³-hybridized carbons (Fsp3) is 0. The number of aromatic carboxylic acids is 1. The summed E-state index contributed by atoms with van der Waals surface area (Å²) < 4.78 is 0.851. The number of benzene rings is 1. The predicted molar refractivity (Wildman–Crippen MR) is 57.1 cm³/mol. The van der Waals surface area contributed by atoms with E-state index in [1.54, 1.807) is 18.2 Å². The molecule has 0 aliphatic heterocycles. The van der Waals surface area contributed by atoms with Crippen LogP contribution < -0.4 is 4.84 Å². The van der Waals surface area contributed by atoms with E-state index in [0.29, 0.717) is 5.75 Å². The van der Waals surface area contributed by atoms with Gasteiger partial charge in [-0.2, -0.15) is 0 Å². The molecule has 0 saturated heterocycles. The van der Waals surface area contributed by atoms with Gasteiger partial charge in [-0.3, -0.25) is 0 Å². The van der Waals surface area contributed by atoms with Crippen molar-refractivity contribution < 1.29 is 14.7 Å². The Bertz CT molecular complexity index is 526. The van der Waals surface area contributed by atoms with Gasteiger partial charge in [-0.1, -0.05) is 26.8 Å². The standard InChI is InChI=1S/C9H6BrN3O3/c10-6-2-1-3-7(4-6)16-13-5-8(9(14)15)11-12-13/h1-5H,(H,14,15). The van der Waals surface area contributed by atoms with Crippen LogP contribution in [0.15, 0.2) is 34.9 Å². The Hall–Kier alpha value is -1.89. The highest BCUT2D eigenvalue weighted by Crippen LogP contribution is 2.17. The predicted octanol–water partition coefficient (Wildman–Crippen LogP) is 1.58. The van der Waals surface area contributed by atoms with E-state index in [1.807, 2.05) is 6.07 Å². The maximum absolute atomic E-state index is 10.5. The molecule has 0 fully saturated rings. The van der Waals surface area contributed by atoms with Gasteiger partial charge in [-0.25, -0.2) is 4.79 Å². The van der Waals surface area contributed by atoms with Crippen LogP contribution in [-0.2, 0) is 0 Å². The van der Waals surface area contributed by atoms with E-state index in [-0.39, 0.29) is 5.69 Å². The highest BCUT2D eigenvalue weighted by molar-refractivity contribution is 9.10. The molecule has 2 aromatic rings. The minimum Gasteiger partial charge on any atom is -0.476 e. The Kier molecular flexibility index (Phi) is 2.86. The highest BCUT2D eigenvalue weighted by Gasteiger charge is 2.09. The molecule has 0 bridgehead atoms. The van der Waals surface area contributed by atoms with Crippen LogP contribution in [0, 0.1) is 0 Å². The van der Waals surface area contributed by atoms with Gasteiger partial charge in [0, 0.05) is 4.47 Å². The lowest BCUT2D eigenvalue weighted by Gasteiger charge is -2.02. The number of hydrogen-bond donors (Lipinski definition) is 1. The highest BCUT2D eigenvalue weighted by atomic mass is 79.9. The van der Waals surface area contributed by atoms with Crippen LogP contribution >= 0.6 is 15.9 Å². The number of rotatable bonds is 3. The third kappa shape index (κ3) is 2.37. The zero-order valence-corrected chi connectivity index (χ0v) is 9.46. The number of halogens is 1. The molecule has 1 N–H and O–H groups in total. The molecule has 2 rings (SSSR count). The fourth-order valence-electron chi connectivity index (χ4n) is 1.02. The Morgan fingerprint density at radius 2 is 2.31 bits per heavy atom. The van der Waals surface area contributed by atoms with Crippen LogP contribution in [0.25, 0.3) is 0 Å². The molecule has 0 radical (unpaired) electrons. The molecule has 0 unspecified atom stereocenters. The van der Waals surface area contributed by atoms with Gasteiger partial charge in [0.1, 0.15) is 6.20 Å². The fourth-order valence-corrected chi connectivity index (χ4v) is 1.40. The summed E-state index contributed by atoms with van der Waals surface area (Å²) in [7, 11) is 0. The Labute approximate surface area is 98.5 Å². The molecule has 16 heavy (non-hydrogen) atoms. The largest absolute Gasteiger partial charge is 0.476 e. The van der Waals surface area contributed by atoms with Crippen molar-refractivity contribution in [3.05, 3.63) is 40.6 Å². The van der Waals surface area contributed by atoms with Crippen molar-refractivity contribution in [1.29, 1.82) is 0 Å². The van der Waals surface area contributed by atoms with E-state index in [4.69, 9.17) is 9.94 Å². The average Bonchev–Trinajstić information content (AvgIpc) is 2.66. The molecule has 1 heterocycles. The van der Waals surface area contributed by atoms with Crippen molar-refractivity contribution in [1.82, 2.24) is 15.2 Å². The molecule has 6 nitrogen and oxygen atoms in total. The minimum absolute atomic E-state index is 0.171. The van der Waals surface area contributed by atoms with Crippen molar-refractivity contribution in [2.24, 2.45) is 0 Å². The van der Waals surface area contributed by atoms with Crippen LogP contribution in [0.3, 0.4) is 0 Å². The summed E-state index contributed by atoms with van der Waals surface area (Å²) in [6.07, 6.45) is 1.18. The van der Waals surface area contributed by atoms with Gasteiger partial charge in [0.25, 0.3) is 0 Å². The lowest BCUT2D eigenvalue weighted by molar-refractivity contribution is 0.0690. The van der Waals surface area contributed by atoms with E-state index in [1.165, 1.54) is 6.20 Å². The molecular formula is C9H6BrN3O3. The first-order chi connectivity index (χ1) is 7.65. The van der Waals surface area contributed by atoms with E-state index in [0.717, 1.165) is 9.32 Å². The molecule has 0 spiro atoms. The minimum atomic E-state index is -1.15. The van der Waals surface area contributed by atoms with Crippen LogP contribution in [-0.4, -0.2) is 26.2 Å². The van der Waals surface area contributed by atoms with Gasteiger partial charge in [0.2, 0.25) is 0 Å². The quantitative estimate of drug-likeness (QED) is 0.925.